The van der Waals surface area contributed by atoms with Gasteiger partial charge in [0.2, 0.25) is 0 Å². The van der Waals surface area contributed by atoms with Crippen LogP contribution in [0.4, 0.5) is 5.82 Å². The Bertz CT molecular complexity index is 689. The van der Waals surface area contributed by atoms with Crippen LogP contribution in [0.2, 0.25) is 0 Å². The third-order valence-corrected chi connectivity index (χ3v) is 2.85. The van der Waals surface area contributed by atoms with Crippen molar-refractivity contribution in [1.29, 1.82) is 0 Å². The van der Waals surface area contributed by atoms with E-state index in [1.165, 1.54) is 0 Å². The van der Waals surface area contributed by atoms with Crippen molar-refractivity contribution in [3.63, 3.8) is 0 Å². The first-order valence-electron chi connectivity index (χ1n) is 5.82. The molecule has 0 aliphatic rings. The molecule has 3 rings (SSSR count). The zero-order valence-corrected chi connectivity index (χ0v) is 10.1. The average Bonchev–Trinajstić information content (AvgIpc) is 2.83. The third kappa shape index (κ3) is 2.01. The first-order chi connectivity index (χ1) is 9.25. The maximum atomic E-state index is 9.28. The number of aromatic nitrogens is 3. The highest BCUT2D eigenvalue weighted by Gasteiger charge is 2.12. The Balaban J connectivity index is 2.06. The van der Waals surface area contributed by atoms with Gasteiger partial charge >= 0.3 is 0 Å². The van der Waals surface area contributed by atoms with Crippen molar-refractivity contribution in [3.8, 4) is 22.7 Å². The first-order valence-corrected chi connectivity index (χ1v) is 5.82. The van der Waals surface area contributed by atoms with E-state index in [1.54, 1.807) is 28.9 Å². The molecule has 0 aliphatic carbocycles. The highest BCUT2D eigenvalue weighted by molar-refractivity contribution is 5.70. The number of aromatic hydroxyl groups is 1. The number of rotatable bonds is 2. The van der Waals surface area contributed by atoms with Gasteiger partial charge in [-0.25, -0.2) is 0 Å². The van der Waals surface area contributed by atoms with Crippen LogP contribution in [0, 0.1) is 0 Å². The topological polar surface area (TPSA) is 77.0 Å². The molecule has 19 heavy (non-hydrogen) atoms. The Morgan fingerprint density at radius 1 is 0.947 bits per heavy atom. The summed E-state index contributed by atoms with van der Waals surface area (Å²) in [4.78, 5) is 0. The number of hydrogen-bond donors (Lipinski definition) is 2. The summed E-state index contributed by atoms with van der Waals surface area (Å²) in [5, 5.41) is 17.4. The van der Waals surface area contributed by atoms with Gasteiger partial charge in [0.15, 0.2) is 5.82 Å². The highest BCUT2D eigenvalue weighted by Crippen LogP contribution is 2.25. The van der Waals surface area contributed by atoms with E-state index < -0.39 is 0 Å². The van der Waals surface area contributed by atoms with Gasteiger partial charge < -0.3 is 10.8 Å². The second-order valence-electron chi connectivity index (χ2n) is 4.12. The van der Waals surface area contributed by atoms with Crippen LogP contribution in [0.5, 0.6) is 5.75 Å². The number of anilines is 1. The molecule has 0 bridgehead atoms. The van der Waals surface area contributed by atoms with Gasteiger partial charge in [0.25, 0.3) is 0 Å². The normalized spacial score (nSPS) is 10.5. The quantitative estimate of drug-likeness (QED) is 0.733. The van der Waals surface area contributed by atoms with Crippen molar-refractivity contribution in [2.75, 3.05) is 5.73 Å². The molecule has 0 unspecified atom stereocenters. The molecule has 5 nitrogen and oxygen atoms in total. The summed E-state index contributed by atoms with van der Waals surface area (Å²) >= 11 is 0. The Kier molecular flexibility index (Phi) is 2.64. The average molecular weight is 252 g/mol. The van der Waals surface area contributed by atoms with Crippen LogP contribution in [0.3, 0.4) is 0 Å². The van der Waals surface area contributed by atoms with Crippen LogP contribution in [-0.2, 0) is 0 Å². The van der Waals surface area contributed by atoms with Gasteiger partial charge in [0.1, 0.15) is 11.4 Å². The molecule has 94 valence electrons. The molecule has 3 aromatic rings. The third-order valence-electron chi connectivity index (χ3n) is 2.85. The summed E-state index contributed by atoms with van der Waals surface area (Å²) in [6.07, 6.45) is 0. The SMILES string of the molecule is Nc1c(-c2ccccc2)nnn1-c1ccc(O)cc1. The summed E-state index contributed by atoms with van der Waals surface area (Å²) < 4.78 is 1.54. The standard InChI is InChI=1S/C14H12N4O/c15-14-13(10-4-2-1-3-5-10)16-17-18(14)11-6-8-12(19)9-7-11/h1-9,19H,15H2. The van der Waals surface area contributed by atoms with Gasteiger partial charge in [-0.15, -0.1) is 5.10 Å². The van der Waals surface area contributed by atoms with E-state index in [2.05, 4.69) is 10.3 Å². The molecule has 2 aromatic carbocycles. The van der Waals surface area contributed by atoms with Gasteiger partial charge in [-0.1, -0.05) is 35.5 Å². The number of nitrogens with zero attached hydrogens (tertiary/aromatic N) is 3. The van der Waals surface area contributed by atoms with Gasteiger partial charge in [-0.05, 0) is 24.3 Å². The first kappa shape index (κ1) is 11.3. The van der Waals surface area contributed by atoms with Crippen molar-refractivity contribution in [3.05, 3.63) is 54.6 Å². The lowest BCUT2D eigenvalue weighted by molar-refractivity contribution is 0.475. The molecule has 0 spiro atoms. The molecular weight excluding hydrogens is 240 g/mol. The maximum absolute atomic E-state index is 9.28. The molecule has 0 saturated carbocycles. The largest absolute Gasteiger partial charge is 0.508 e. The van der Waals surface area contributed by atoms with E-state index >= 15 is 0 Å². The summed E-state index contributed by atoms with van der Waals surface area (Å²) in [5.74, 6) is 0.669. The smallest absolute Gasteiger partial charge is 0.155 e. The molecule has 0 saturated heterocycles. The van der Waals surface area contributed by atoms with Crippen LogP contribution in [-0.4, -0.2) is 20.1 Å². The second-order valence-corrected chi connectivity index (χ2v) is 4.12. The van der Waals surface area contributed by atoms with Crippen molar-refractivity contribution in [2.45, 2.75) is 0 Å². The van der Waals surface area contributed by atoms with Crippen molar-refractivity contribution < 1.29 is 5.11 Å². The highest BCUT2D eigenvalue weighted by atomic mass is 16.3. The predicted molar refractivity (Wildman–Crippen MR) is 72.9 cm³/mol. The van der Waals surface area contributed by atoms with Gasteiger partial charge in [-0.2, -0.15) is 4.68 Å². The fraction of sp³-hybridized carbons (Fsp3) is 0. The Hall–Kier alpha value is -2.82. The summed E-state index contributed by atoms with van der Waals surface area (Å²) in [6, 6.07) is 16.3. The number of phenols is 1. The molecule has 0 amide bonds. The van der Waals surface area contributed by atoms with Crippen LogP contribution >= 0.6 is 0 Å². The minimum Gasteiger partial charge on any atom is -0.508 e. The minimum absolute atomic E-state index is 0.200. The Morgan fingerprint density at radius 2 is 1.63 bits per heavy atom. The molecule has 1 heterocycles. The number of benzene rings is 2. The number of phenolic OH excluding ortho intramolecular Hbond substituents is 1. The molecule has 3 N–H and O–H groups in total. The summed E-state index contributed by atoms with van der Waals surface area (Å²) in [5.41, 5.74) is 8.40. The van der Waals surface area contributed by atoms with E-state index in [4.69, 9.17) is 5.73 Å². The number of nitrogens with two attached hydrogens (primary N) is 1. The molecule has 1 aromatic heterocycles. The summed E-state index contributed by atoms with van der Waals surface area (Å²) in [7, 11) is 0. The van der Waals surface area contributed by atoms with E-state index in [1.807, 2.05) is 30.3 Å². The maximum Gasteiger partial charge on any atom is 0.155 e. The zero-order chi connectivity index (χ0) is 13.2. The van der Waals surface area contributed by atoms with Gasteiger partial charge in [0, 0.05) is 5.56 Å². The van der Waals surface area contributed by atoms with Gasteiger partial charge in [0.05, 0.1) is 5.69 Å². The Labute approximate surface area is 109 Å². The lowest BCUT2D eigenvalue weighted by Gasteiger charge is -2.03. The lowest BCUT2D eigenvalue weighted by Crippen LogP contribution is -2.01. The number of nitrogen functional groups attached to an aromatic ring is 1. The van der Waals surface area contributed by atoms with Crippen molar-refractivity contribution in [2.24, 2.45) is 0 Å². The number of hydrogen-bond acceptors (Lipinski definition) is 4. The molecule has 0 radical (unpaired) electrons. The fourth-order valence-electron chi connectivity index (χ4n) is 1.88. The van der Waals surface area contributed by atoms with E-state index in [0.717, 1.165) is 11.3 Å². The van der Waals surface area contributed by atoms with E-state index in [-0.39, 0.29) is 5.75 Å². The molecule has 0 atom stereocenters. The molecule has 0 aliphatic heterocycles. The van der Waals surface area contributed by atoms with Crippen LogP contribution in [0.25, 0.3) is 16.9 Å². The fourth-order valence-corrected chi connectivity index (χ4v) is 1.88. The van der Waals surface area contributed by atoms with Gasteiger partial charge in [-0.3, -0.25) is 0 Å². The van der Waals surface area contributed by atoms with E-state index in [0.29, 0.717) is 11.5 Å². The molecular formula is C14H12N4O. The van der Waals surface area contributed by atoms with Crippen molar-refractivity contribution in [1.82, 2.24) is 15.0 Å². The lowest BCUT2D eigenvalue weighted by atomic mass is 10.1. The molecule has 5 heteroatoms. The Morgan fingerprint density at radius 3 is 2.32 bits per heavy atom. The van der Waals surface area contributed by atoms with Crippen LogP contribution < -0.4 is 5.73 Å². The molecule has 0 fully saturated rings. The second kappa shape index (κ2) is 4.45. The van der Waals surface area contributed by atoms with Crippen LogP contribution in [0.1, 0.15) is 0 Å². The van der Waals surface area contributed by atoms with E-state index in [9.17, 15) is 5.11 Å². The predicted octanol–water partition coefficient (Wildman–Crippen LogP) is 2.22. The van der Waals surface area contributed by atoms with Crippen LogP contribution in [0.15, 0.2) is 54.6 Å². The van der Waals surface area contributed by atoms with Crippen molar-refractivity contribution >= 4 is 5.82 Å². The summed E-state index contributed by atoms with van der Waals surface area (Å²) in [6.45, 7) is 0. The zero-order valence-electron chi connectivity index (χ0n) is 10.1. The monoisotopic (exact) mass is 252 g/mol. The minimum atomic E-state index is 0.200.